The number of ether oxygens (including phenoxy) is 7. The Morgan fingerprint density at radius 3 is 2.60 bits per heavy atom. The Morgan fingerprint density at radius 1 is 1.04 bits per heavy atom. The summed E-state index contributed by atoms with van der Waals surface area (Å²) in [4.78, 5) is 15.7. The molecule has 4 aliphatic heterocycles. The lowest BCUT2D eigenvalue weighted by atomic mass is 10.0. The van der Waals surface area contributed by atoms with Gasteiger partial charge in [0.2, 0.25) is 16.8 Å². The second-order valence-electron chi connectivity index (χ2n) is 13.5. The largest absolute Gasteiger partial charge is 0.494 e. The Balaban J connectivity index is 1.13. The van der Waals surface area contributed by atoms with E-state index in [4.69, 9.17) is 33.2 Å². The van der Waals surface area contributed by atoms with Crippen LogP contribution in [0.15, 0.2) is 47.4 Å². The molecular weight excluding hydrogens is 670 g/mol. The number of nitrogens with zero attached hydrogens (tertiary/aromatic N) is 2. The number of carbonyl (C=O) groups excluding carboxylic acids is 1. The average molecular weight is 720 g/mol. The predicted molar refractivity (Wildman–Crippen MR) is 181 cm³/mol. The van der Waals surface area contributed by atoms with Crippen LogP contribution in [0.25, 0.3) is 0 Å². The van der Waals surface area contributed by atoms with Crippen molar-refractivity contribution in [3.8, 4) is 17.2 Å². The van der Waals surface area contributed by atoms with Crippen molar-refractivity contribution < 1.29 is 51.5 Å². The quantitative estimate of drug-likeness (QED) is 0.245. The molecule has 0 saturated carbocycles. The minimum atomic E-state index is -4.06. The molecule has 15 heteroatoms. The van der Waals surface area contributed by atoms with Gasteiger partial charge in [0.05, 0.1) is 56.0 Å². The molecule has 2 aromatic carbocycles. The highest BCUT2D eigenvalue weighted by Crippen LogP contribution is 2.35. The van der Waals surface area contributed by atoms with Crippen LogP contribution in [0.3, 0.4) is 0 Å². The van der Waals surface area contributed by atoms with Gasteiger partial charge in [-0.1, -0.05) is 26.0 Å². The molecule has 0 radical (unpaired) electrons. The van der Waals surface area contributed by atoms with Gasteiger partial charge >= 0.3 is 6.09 Å². The maximum absolute atomic E-state index is 13.9. The number of aliphatic hydroxyl groups is 1. The standard InChI is InChI=1S/C35H49N3O11S/c1-24(2)20-38(50(41,42)27-8-9-31-32(19-27)48-23-47-31)21-30(39)29(36-35(40)49-33-22-46-34-28(33)10-15-45-34)18-25-4-6-26(7-5-25)44-14-3-11-37-12-16-43-17-13-37/h4-9,19,24,28-30,33-34,39H,3,10-18,20-23H2,1-2H3,(H,36,40). The van der Waals surface area contributed by atoms with Gasteiger partial charge in [-0.15, -0.1) is 0 Å². The summed E-state index contributed by atoms with van der Waals surface area (Å²) in [6.45, 7) is 9.38. The zero-order valence-electron chi connectivity index (χ0n) is 28.7. The average Bonchev–Trinajstić information content (AvgIpc) is 3.86. The third-order valence-electron chi connectivity index (χ3n) is 9.32. The number of aliphatic hydroxyl groups excluding tert-OH is 1. The number of morpholine rings is 1. The van der Waals surface area contributed by atoms with Crippen molar-refractivity contribution >= 4 is 16.1 Å². The SMILES string of the molecule is CC(C)CN(CC(O)C(Cc1ccc(OCCCN2CCOCC2)cc1)NC(=O)OC1COC2OCCC12)S(=O)(=O)c1ccc2c(c1)OCO2. The molecule has 6 rings (SSSR count). The van der Waals surface area contributed by atoms with E-state index in [-0.39, 0.29) is 55.9 Å². The number of nitrogens with one attached hydrogen (secondary N) is 1. The van der Waals surface area contributed by atoms with E-state index in [1.165, 1.54) is 16.4 Å². The number of fused-ring (bicyclic) bond motifs is 2. The molecule has 50 heavy (non-hydrogen) atoms. The number of amides is 1. The Hall–Kier alpha value is -3.18. The Kier molecular flexibility index (Phi) is 12.4. The third-order valence-corrected chi connectivity index (χ3v) is 11.2. The molecule has 3 fully saturated rings. The van der Waals surface area contributed by atoms with Crippen molar-refractivity contribution in [2.24, 2.45) is 11.8 Å². The predicted octanol–water partition coefficient (Wildman–Crippen LogP) is 2.62. The molecule has 276 valence electrons. The first kappa shape index (κ1) is 36.6. The van der Waals surface area contributed by atoms with Crippen LogP contribution in [0.2, 0.25) is 0 Å². The molecule has 4 heterocycles. The molecule has 14 nitrogen and oxygen atoms in total. The van der Waals surface area contributed by atoms with Gasteiger partial charge in [0.15, 0.2) is 17.8 Å². The maximum atomic E-state index is 13.9. The van der Waals surface area contributed by atoms with Crippen molar-refractivity contribution in [2.45, 2.75) is 62.5 Å². The van der Waals surface area contributed by atoms with Gasteiger partial charge in [-0.2, -0.15) is 4.31 Å². The van der Waals surface area contributed by atoms with Gasteiger partial charge in [0, 0.05) is 38.8 Å². The summed E-state index contributed by atoms with van der Waals surface area (Å²) in [5.41, 5.74) is 0.817. The van der Waals surface area contributed by atoms with Crippen LogP contribution < -0.4 is 19.5 Å². The molecule has 4 aliphatic rings. The first-order valence-electron chi connectivity index (χ1n) is 17.5. The fourth-order valence-electron chi connectivity index (χ4n) is 6.63. The first-order chi connectivity index (χ1) is 24.2. The summed E-state index contributed by atoms with van der Waals surface area (Å²) in [6.07, 6.45) is -1.05. The van der Waals surface area contributed by atoms with Crippen molar-refractivity contribution in [1.82, 2.24) is 14.5 Å². The van der Waals surface area contributed by atoms with Crippen molar-refractivity contribution in [1.29, 1.82) is 0 Å². The molecule has 1 amide bonds. The van der Waals surface area contributed by atoms with Gasteiger partial charge in [-0.05, 0) is 55.0 Å². The van der Waals surface area contributed by atoms with Crippen molar-refractivity contribution in [3.05, 3.63) is 48.0 Å². The van der Waals surface area contributed by atoms with Gasteiger partial charge in [0.25, 0.3) is 0 Å². The number of sulfonamides is 1. The summed E-state index contributed by atoms with van der Waals surface area (Å²) in [7, 11) is -4.06. The molecule has 0 bridgehead atoms. The minimum absolute atomic E-state index is 0.0140. The zero-order valence-corrected chi connectivity index (χ0v) is 29.6. The number of rotatable bonds is 16. The van der Waals surface area contributed by atoms with Crippen LogP contribution in [0, 0.1) is 11.8 Å². The number of carbonyl (C=O) groups is 1. The van der Waals surface area contributed by atoms with E-state index in [0.29, 0.717) is 30.5 Å². The Labute approximate surface area is 293 Å². The van der Waals surface area contributed by atoms with Gasteiger partial charge in [-0.3, -0.25) is 4.90 Å². The summed E-state index contributed by atoms with van der Waals surface area (Å²) < 4.78 is 68.2. The van der Waals surface area contributed by atoms with E-state index in [0.717, 1.165) is 51.3 Å². The third kappa shape index (κ3) is 9.37. The van der Waals surface area contributed by atoms with E-state index in [1.54, 1.807) is 6.07 Å². The topological polar surface area (TPSA) is 155 Å². The Bertz CT molecular complexity index is 1520. The maximum Gasteiger partial charge on any atom is 0.407 e. The fourth-order valence-corrected chi connectivity index (χ4v) is 8.27. The van der Waals surface area contributed by atoms with E-state index in [1.807, 2.05) is 38.1 Å². The van der Waals surface area contributed by atoms with Gasteiger partial charge in [0.1, 0.15) is 11.9 Å². The lowest BCUT2D eigenvalue weighted by molar-refractivity contribution is -0.0907. The van der Waals surface area contributed by atoms with Crippen LogP contribution in [0.5, 0.6) is 17.2 Å². The zero-order chi connectivity index (χ0) is 35.1. The van der Waals surface area contributed by atoms with Crippen molar-refractivity contribution in [2.75, 3.05) is 72.6 Å². The molecule has 5 unspecified atom stereocenters. The highest BCUT2D eigenvalue weighted by Gasteiger charge is 2.44. The van der Waals surface area contributed by atoms with E-state index >= 15 is 0 Å². The van der Waals surface area contributed by atoms with Crippen LogP contribution in [0.4, 0.5) is 4.79 Å². The van der Waals surface area contributed by atoms with Crippen LogP contribution in [0.1, 0.15) is 32.3 Å². The number of hydrogen-bond donors (Lipinski definition) is 2. The monoisotopic (exact) mass is 719 g/mol. The van der Waals surface area contributed by atoms with Gasteiger partial charge in [-0.25, -0.2) is 13.2 Å². The van der Waals surface area contributed by atoms with E-state index < -0.39 is 34.4 Å². The molecule has 0 aromatic heterocycles. The Morgan fingerprint density at radius 2 is 1.82 bits per heavy atom. The first-order valence-corrected chi connectivity index (χ1v) is 18.9. The normalized spacial score (nSPS) is 23.2. The number of hydrogen-bond acceptors (Lipinski definition) is 12. The second-order valence-corrected chi connectivity index (χ2v) is 15.5. The molecule has 3 saturated heterocycles. The lowest BCUT2D eigenvalue weighted by Gasteiger charge is -2.31. The number of alkyl carbamates (subject to hydrolysis) is 1. The smallest absolute Gasteiger partial charge is 0.407 e. The van der Waals surface area contributed by atoms with Crippen LogP contribution in [-0.4, -0.2) is 126 Å². The lowest BCUT2D eigenvalue weighted by Crippen LogP contribution is -2.51. The molecular formula is C35H49N3O11S. The summed E-state index contributed by atoms with van der Waals surface area (Å²) >= 11 is 0. The van der Waals surface area contributed by atoms with Crippen molar-refractivity contribution in [3.63, 3.8) is 0 Å². The van der Waals surface area contributed by atoms with E-state index in [9.17, 15) is 18.3 Å². The summed E-state index contributed by atoms with van der Waals surface area (Å²) in [5, 5.41) is 14.5. The minimum Gasteiger partial charge on any atom is -0.494 e. The fraction of sp³-hybridized carbons (Fsp3) is 0.629. The highest BCUT2D eigenvalue weighted by molar-refractivity contribution is 7.89. The van der Waals surface area contributed by atoms with E-state index in [2.05, 4.69) is 10.2 Å². The molecule has 2 aromatic rings. The highest BCUT2D eigenvalue weighted by atomic mass is 32.2. The second kappa shape index (κ2) is 16.9. The molecule has 0 aliphatic carbocycles. The summed E-state index contributed by atoms with van der Waals surface area (Å²) in [5.74, 6) is 1.42. The molecule has 5 atom stereocenters. The van der Waals surface area contributed by atoms with Crippen LogP contribution in [-0.2, 0) is 35.4 Å². The molecule has 0 spiro atoms. The number of benzene rings is 2. The van der Waals surface area contributed by atoms with Crippen LogP contribution >= 0.6 is 0 Å². The summed E-state index contributed by atoms with van der Waals surface area (Å²) in [6, 6.07) is 11.0. The molecule has 2 N–H and O–H groups in total. The van der Waals surface area contributed by atoms with Gasteiger partial charge < -0.3 is 43.6 Å².